The van der Waals surface area contributed by atoms with E-state index in [2.05, 4.69) is 4.90 Å². The van der Waals surface area contributed by atoms with Gasteiger partial charge < -0.3 is 4.74 Å². The average Bonchev–Trinajstić information content (AvgIpc) is 2.53. The molecule has 1 aliphatic rings. The predicted molar refractivity (Wildman–Crippen MR) is 55.3 cm³/mol. The first-order valence-electron chi connectivity index (χ1n) is 5.22. The third kappa shape index (κ3) is 2.98. The molecule has 0 aromatic rings. The summed E-state index contributed by atoms with van der Waals surface area (Å²) in [7, 11) is 0. The minimum absolute atomic E-state index is 0.151. The fraction of sp³-hybridized carbons (Fsp3) is 0.818. The van der Waals surface area contributed by atoms with E-state index in [1.54, 1.807) is 0 Å². The standard InChI is InChI=1S/C11H20NO2/c1-9(12-7-5-6-8-12)14-10(13)11(2,3)4/h5-8H2,1-4H3. The Morgan fingerprint density at radius 1 is 1.21 bits per heavy atom. The number of esters is 1. The van der Waals surface area contributed by atoms with Crippen LogP contribution >= 0.6 is 0 Å². The van der Waals surface area contributed by atoms with Gasteiger partial charge in [0.25, 0.3) is 0 Å². The largest absolute Gasteiger partial charge is 0.438 e. The van der Waals surface area contributed by atoms with Crippen LogP contribution in [0.15, 0.2) is 0 Å². The van der Waals surface area contributed by atoms with E-state index in [0.717, 1.165) is 19.3 Å². The van der Waals surface area contributed by atoms with Crippen LogP contribution in [-0.2, 0) is 9.53 Å². The van der Waals surface area contributed by atoms with Crippen LogP contribution in [0.4, 0.5) is 0 Å². The highest BCUT2D eigenvalue weighted by atomic mass is 16.6. The summed E-state index contributed by atoms with van der Waals surface area (Å²) < 4.78 is 5.30. The summed E-state index contributed by atoms with van der Waals surface area (Å²) in [4.78, 5) is 13.7. The van der Waals surface area contributed by atoms with E-state index in [1.807, 2.05) is 27.7 Å². The Kier molecular flexibility index (Phi) is 3.53. The Balaban J connectivity index is 2.39. The molecule has 1 fully saturated rings. The zero-order valence-corrected chi connectivity index (χ0v) is 9.59. The number of likely N-dealkylation sites (tertiary alicyclic amines) is 1. The minimum atomic E-state index is -0.416. The van der Waals surface area contributed by atoms with Gasteiger partial charge in [-0.15, -0.1) is 0 Å². The van der Waals surface area contributed by atoms with Crippen LogP contribution in [-0.4, -0.2) is 24.0 Å². The van der Waals surface area contributed by atoms with Crippen molar-refractivity contribution >= 4 is 5.97 Å². The summed E-state index contributed by atoms with van der Waals surface area (Å²) >= 11 is 0. The maximum Gasteiger partial charge on any atom is 0.313 e. The fourth-order valence-electron chi connectivity index (χ4n) is 1.38. The maximum atomic E-state index is 11.6. The van der Waals surface area contributed by atoms with E-state index in [4.69, 9.17) is 4.74 Å². The first-order valence-corrected chi connectivity index (χ1v) is 5.22. The van der Waals surface area contributed by atoms with Crippen molar-refractivity contribution in [1.29, 1.82) is 0 Å². The molecule has 0 saturated carbocycles. The summed E-state index contributed by atoms with van der Waals surface area (Å²) in [6, 6.07) is 0. The molecule has 1 heterocycles. The Bertz CT molecular complexity index is 202. The van der Waals surface area contributed by atoms with Crippen LogP contribution in [0.5, 0.6) is 0 Å². The Morgan fingerprint density at radius 2 is 1.71 bits per heavy atom. The van der Waals surface area contributed by atoms with Gasteiger partial charge in [-0.05, 0) is 40.5 Å². The number of ether oxygens (including phenoxy) is 1. The van der Waals surface area contributed by atoms with Gasteiger partial charge in [0.05, 0.1) is 5.41 Å². The van der Waals surface area contributed by atoms with Gasteiger partial charge in [0.2, 0.25) is 6.23 Å². The monoisotopic (exact) mass is 198 g/mol. The topological polar surface area (TPSA) is 29.5 Å². The second-order valence-electron chi connectivity index (χ2n) is 4.85. The lowest BCUT2D eigenvalue weighted by Crippen LogP contribution is -2.32. The first-order chi connectivity index (χ1) is 6.41. The quantitative estimate of drug-likeness (QED) is 0.637. The molecule has 1 radical (unpaired) electrons. The number of rotatable bonds is 2. The molecule has 0 aliphatic carbocycles. The molecule has 3 heteroatoms. The van der Waals surface area contributed by atoms with Crippen molar-refractivity contribution in [1.82, 2.24) is 4.90 Å². The molecule has 81 valence electrons. The number of hydrogen-bond acceptors (Lipinski definition) is 3. The molecule has 0 spiro atoms. The van der Waals surface area contributed by atoms with Crippen molar-refractivity contribution in [3.05, 3.63) is 6.23 Å². The maximum absolute atomic E-state index is 11.6. The molecule has 3 nitrogen and oxygen atoms in total. The third-order valence-electron chi connectivity index (χ3n) is 2.40. The van der Waals surface area contributed by atoms with E-state index in [-0.39, 0.29) is 5.97 Å². The summed E-state index contributed by atoms with van der Waals surface area (Å²) in [6.07, 6.45) is 3.15. The molecule has 0 bridgehead atoms. The van der Waals surface area contributed by atoms with Gasteiger partial charge >= 0.3 is 5.97 Å². The zero-order valence-electron chi connectivity index (χ0n) is 9.59. The third-order valence-corrected chi connectivity index (χ3v) is 2.40. The fourth-order valence-corrected chi connectivity index (χ4v) is 1.38. The highest BCUT2D eigenvalue weighted by Crippen LogP contribution is 2.22. The lowest BCUT2D eigenvalue weighted by Gasteiger charge is -2.25. The SMILES string of the molecule is C[C](OC(=O)C(C)(C)C)N1CCCC1. The smallest absolute Gasteiger partial charge is 0.313 e. The van der Waals surface area contributed by atoms with Crippen LogP contribution in [0, 0.1) is 11.6 Å². The van der Waals surface area contributed by atoms with Crippen molar-refractivity contribution in [3.63, 3.8) is 0 Å². The van der Waals surface area contributed by atoms with Gasteiger partial charge in [-0.1, -0.05) is 0 Å². The predicted octanol–water partition coefficient (Wildman–Crippen LogP) is 2.18. The molecule has 1 saturated heterocycles. The molecule has 0 atom stereocenters. The second-order valence-corrected chi connectivity index (χ2v) is 4.85. The van der Waals surface area contributed by atoms with Crippen molar-refractivity contribution < 1.29 is 9.53 Å². The van der Waals surface area contributed by atoms with Gasteiger partial charge in [-0.2, -0.15) is 0 Å². The van der Waals surface area contributed by atoms with E-state index >= 15 is 0 Å². The zero-order chi connectivity index (χ0) is 10.8. The molecular formula is C11H20NO2. The summed E-state index contributed by atoms with van der Waals surface area (Å²) in [6.45, 7) is 9.51. The first kappa shape index (κ1) is 11.5. The van der Waals surface area contributed by atoms with Crippen LogP contribution in [0.3, 0.4) is 0 Å². The highest BCUT2D eigenvalue weighted by Gasteiger charge is 2.28. The van der Waals surface area contributed by atoms with Crippen molar-refractivity contribution in [2.75, 3.05) is 13.1 Å². The van der Waals surface area contributed by atoms with Gasteiger partial charge in [0.15, 0.2) is 0 Å². The molecule has 0 unspecified atom stereocenters. The molecule has 14 heavy (non-hydrogen) atoms. The average molecular weight is 198 g/mol. The molecule has 1 aliphatic heterocycles. The summed E-state index contributed by atoms with van der Waals surface area (Å²) in [5.74, 6) is -0.151. The van der Waals surface area contributed by atoms with E-state index < -0.39 is 5.41 Å². The second kappa shape index (κ2) is 4.30. The molecular weight excluding hydrogens is 178 g/mol. The molecule has 0 aromatic heterocycles. The normalized spacial score (nSPS) is 18.9. The summed E-state index contributed by atoms with van der Waals surface area (Å²) in [5, 5.41) is 0. The van der Waals surface area contributed by atoms with Crippen molar-refractivity contribution in [2.24, 2.45) is 5.41 Å². The van der Waals surface area contributed by atoms with E-state index in [1.165, 1.54) is 12.8 Å². The highest BCUT2D eigenvalue weighted by molar-refractivity contribution is 5.75. The van der Waals surface area contributed by atoms with Crippen LogP contribution in [0.1, 0.15) is 40.5 Å². The van der Waals surface area contributed by atoms with Crippen LogP contribution in [0.25, 0.3) is 0 Å². The van der Waals surface area contributed by atoms with E-state index in [9.17, 15) is 4.79 Å². The van der Waals surface area contributed by atoms with Gasteiger partial charge in [0, 0.05) is 13.1 Å². The van der Waals surface area contributed by atoms with Gasteiger partial charge in [0.1, 0.15) is 0 Å². The van der Waals surface area contributed by atoms with Crippen LogP contribution in [0.2, 0.25) is 0 Å². The molecule has 1 rings (SSSR count). The number of carbonyl (C=O) groups excluding carboxylic acids is 1. The minimum Gasteiger partial charge on any atom is -0.438 e. The number of nitrogens with zero attached hydrogens (tertiary/aromatic N) is 1. The Hall–Kier alpha value is -0.570. The lowest BCUT2D eigenvalue weighted by atomic mass is 9.97. The Morgan fingerprint density at radius 3 is 2.14 bits per heavy atom. The van der Waals surface area contributed by atoms with Crippen molar-refractivity contribution in [2.45, 2.75) is 40.5 Å². The Labute approximate surface area is 86.4 Å². The number of carbonyl (C=O) groups is 1. The van der Waals surface area contributed by atoms with Gasteiger partial charge in [-0.25, -0.2) is 0 Å². The summed E-state index contributed by atoms with van der Waals surface area (Å²) in [5.41, 5.74) is -0.416. The molecule has 0 aromatic carbocycles. The molecule has 0 amide bonds. The van der Waals surface area contributed by atoms with Crippen LogP contribution < -0.4 is 0 Å². The van der Waals surface area contributed by atoms with E-state index in [0.29, 0.717) is 0 Å². The molecule has 0 N–H and O–H groups in total. The van der Waals surface area contributed by atoms with Crippen molar-refractivity contribution in [3.8, 4) is 0 Å². The number of hydrogen-bond donors (Lipinski definition) is 0. The van der Waals surface area contributed by atoms with Gasteiger partial charge in [-0.3, -0.25) is 9.69 Å². The lowest BCUT2D eigenvalue weighted by molar-refractivity contribution is -0.155.